The number of nitrogens with zero attached hydrogens (tertiary/aromatic N) is 3. The summed E-state index contributed by atoms with van der Waals surface area (Å²) in [4.78, 5) is 25.7. The summed E-state index contributed by atoms with van der Waals surface area (Å²) in [6, 6.07) is 7.52. The summed E-state index contributed by atoms with van der Waals surface area (Å²) >= 11 is 1.54. The number of nitrogens with one attached hydrogen (secondary N) is 3. The number of pyridine rings is 2. The van der Waals surface area contributed by atoms with Crippen LogP contribution in [0.3, 0.4) is 0 Å². The largest absolute Gasteiger partial charge is 0.348 e. The average Bonchev–Trinajstić information content (AvgIpc) is 3.31. The summed E-state index contributed by atoms with van der Waals surface area (Å²) in [5.74, 6) is 1.08. The van der Waals surface area contributed by atoms with E-state index in [0.717, 1.165) is 30.6 Å². The highest BCUT2D eigenvalue weighted by Gasteiger charge is 2.18. The van der Waals surface area contributed by atoms with Gasteiger partial charge in [-0.3, -0.25) is 9.78 Å². The van der Waals surface area contributed by atoms with Gasteiger partial charge in [0.05, 0.1) is 0 Å². The van der Waals surface area contributed by atoms with E-state index in [4.69, 9.17) is 0 Å². The number of aromatic nitrogens is 2. The van der Waals surface area contributed by atoms with Crippen molar-refractivity contribution in [3.8, 4) is 0 Å². The van der Waals surface area contributed by atoms with Crippen molar-refractivity contribution in [2.24, 2.45) is 4.99 Å². The molecular formula is C23H24N6OS. The fourth-order valence-electron chi connectivity index (χ4n) is 3.26. The zero-order valence-electron chi connectivity index (χ0n) is 17.0. The summed E-state index contributed by atoms with van der Waals surface area (Å²) in [5.41, 5.74) is 3.38. The molecule has 0 unspecified atom stereocenters. The molecule has 4 heterocycles. The summed E-state index contributed by atoms with van der Waals surface area (Å²) in [6.45, 7) is 5.79. The summed E-state index contributed by atoms with van der Waals surface area (Å²) in [6.07, 6.45) is 12.2. The highest BCUT2D eigenvalue weighted by molar-refractivity contribution is 8.14. The van der Waals surface area contributed by atoms with Crippen LogP contribution in [0.4, 0.5) is 5.82 Å². The van der Waals surface area contributed by atoms with Gasteiger partial charge in [0.2, 0.25) is 0 Å². The second-order valence-electron chi connectivity index (χ2n) is 7.18. The molecule has 2 aromatic rings. The van der Waals surface area contributed by atoms with E-state index in [2.05, 4.69) is 43.6 Å². The fourth-order valence-corrected chi connectivity index (χ4v) is 4.05. The Morgan fingerprint density at radius 3 is 3.03 bits per heavy atom. The predicted octanol–water partition coefficient (Wildman–Crippen LogP) is 3.05. The van der Waals surface area contributed by atoms with Gasteiger partial charge >= 0.3 is 0 Å². The zero-order valence-corrected chi connectivity index (χ0v) is 17.9. The Bertz CT molecular complexity index is 1040. The maximum atomic E-state index is 12.5. The van der Waals surface area contributed by atoms with E-state index >= 15 is 0 Å². The van der Waals surface area contributed by atoms with Crippen LogP contribution in [0.1, 0.15) is 22.3 Å². The first kappa shape index (κ1) is 21.0. The number of hydrogen-bond donors (Lipinski definition) is 3. The van der Waals surface area contributed by atoms with Gasteiger partial charge in [-0.15, -0.1) is 0 Å². The van der Waals surface area contributed by atoms with E-state index in [9.17, 15) is 4.79 Å². The topological polar surface area (TPSA) is 91.3 Å². The third-order valence-electron chi connectivity index (χ3n) is 4.87. The van der Waals surface area contributed by atoms with Crippen molar-refractivity contribution < 1.29 is 4.79 Å². The zero-order chi connectivity index (χ0) is 21.5. The Balaban J connectivity index is 1.49. The van der Waals surface area contributed by atoms with E-state index < -0.39 is 0 Å². The molecule has 0 bridgehead atoms. The summed E-state index contributed by atoms with van der Waals surface area (Å²) in [5, 5.41) is 10.2. The van der Waals surface area contributed by atoms with Gasteiger partial charge in [-0.2, -0.15) is 0 Å². The first-order chi connectivity index (χ1) is 15.2. The predicted molar refractivity (Wildman–Crippen MR) is 126 cm³/mol. The van der Waals surface area contributed by atoms with Crippen LogP contribution in [-0.2, 0) is 0 Å². The number of hydrogen-bond acceptors (Lipinski definition) is 6. The minimum Gasteiger partial charge on any atom is -0.348 e. The lowest BCUT2D eigenvalue weighted by atomic mass is 10.1. The minimum atomic E-state index is -0.107. The van der Waals surface area contributed by atoms with Crippen molar-refractivity contribution >= 4 is 34.2 Å². The van der Waals surface area contributed by atoms with Crippen LogP contribution in [0.5, 0.6) is 0 Å². The third-order valence-corrected chi connectivity index (χ3v) is 5.67. The van der Waals surface area contributed by atoms with Gasteiger partial charge in [-0.05, 0) is 48.4 Å². The molecule has 0 spiro atoms. The number of allylic oxidation sites excluding steroid dienone is 3. The molecule has 3 N–H and O–H groups in total. The molecule has 31 heavy (non-hydrogen) atoms. The molecule has 158 valence electrons. The lowest BCUT2D eigenvalue weighted by Gasteiger charge is -2.11. The number of carbonyl (C=O) groups excluding carboxylic acids is 1. The summed E-state index contributed by atoms with van der Waals surface area (Å²) in [7, 11) is 0. The molecular weight excluding hydrogens is 408 g/mol. The quantitative estimate of drug-likeness (QED) is 0.688. The van der Waals surface area contributed by atoms with Crippen molar-refractivity contribution in [3.63, 3.8) is 0 Å². The number of rotatable bonds is 4. The monoisotopic (exact) mass is 432 g/mol. The Morgan fingerprint density at radius 1 is 1.29 bits per heavy atom. The molecule has 0 saturated carbocycles. The van der Waals surface area contributed by atoms with Crippen LogP contribution in [-0.4, -0.2) is 45.9 Å². The molecule has 1 atom stereocenters. The molecule has 7 nitrogen and oxygen atoms in total. The van der Waals surface area contributed by atoms with Gasteiger partial charge in [-0.25, -0.2) is 9.98 Å². The van der Waals surface area contributed by atoms with E-state index in [0.29, 0.717) is 28.0 Å². The van der Waals surface area contributed by atoms with Gasteiger partial charge in [0.1, 0.15) is 0 Å². The number of aliphatic imine (C=N–C) groups is 1. The minimum absolute atomic E-state index is 0.107. The Labute approximate surface area is 185 Å². The van der Waals surface area contributed by atoms with Crippen molar-refractivity contribution in [3.05, 3.63) is 84.5 Å². The first-order valence-electron chi connectivity index (χ1n) is 10.1. The Kier molecular flexibility index (Phi) is 6.91. The normalized spacial score (nSPS) is 23.1. The highest BCUT2D eigenvalue weighted by atomic mass is 32.2. The smallest absolute Gasteiger partial charge is 0.251 e. The molecule has 4 rings (SSSR count). The molecule has 2 aliphatic heterocycles. The molecule has 0 aliphatic carbocycles. The van der Waals surface area contributed by atoms with E-state index in [1.54, 1.807) is 36.3 Å². The molecule has 0 aromatic carbocycles. The Hall–Kier alpha value is -3.23. The van der Waals surface area contributed by atoms with Crippen LogP contribution in [0.25, 0.3) is 5.57 Å². The van der Waals surface area contributed by atoms with E-state index in [1.165, 1.54) is 0 Å². The van der Waals surface area contributed by atoms with Gasteiger partial charge in [0.15, 0.2) is 11.0 Å². The summed E-state index contributed by atoms with van der Waals surface area (Å²) < 4.78 is 0. The van der Waals surface area contributed by atoms with Crippen molar-refractivity contribution in [2.45, 2.75) is 12.5 Å². The number of carbonyl (C=O) groups is 1. The highest BCUT2D eigenvalue weighted by Crippen LogP contribution is 2.20. The van der Waals surface area contributed by atoms with Crippen LogP contribution in [0.15, 0.2) is 78.4 Å². The number of amidine groups is 1. The third kappa shape index (κ3) is 5.90. The molecule has 0 radical (unpaired) electrons. The second kappa shape index (κ2) is 10.2. The lowest BCUT2D eigenvalue weighted by Crippen LogP contribution is -2.36. The molecule has 2 aliphatic rings. The maximum Gasteiger partial charge on any atom is 0.251 e. The molecule has 1 fully saturated rings. The van der Waals surface area contributed by atoms with Gasteiger partial charge in [0.25, 0.3) is 5.91 Å². The molecule has 1 saturated heterocycles. The number of amides is 1. The lowest BCUT2D eigenvalue weighted by molar-refractivity contribution is 0.0940. The maximum absolute atomic E-state index is 12.5. The first-order valence-corrected chi connectivity index (χ1v) is 11.1. The fraction of sp³-hybridized carbons (Fsp3) is 0.217. The Morgan fingerprint density at radius 2 is 2.23 bits per heavy atom. The molecule has 2 aromatic heterocycles. The van der Waals surface area contributed by atoms with Gasteiger partial charge in [-0.1, -0.05) is 36.6 Å². The van der Waals surface area contributed by atoms with Crippen LogP contribution >= 0.6 is 11.8 Å². The van der Waals surface area contributed by atoms with Gasteiger partial charge in [0, 0.05) is 48.2 Å². The van der Waals surface area contributed by atoms with Gasteiger partial charge < -0.3 is 16.0 Å². The molecule has 8 heteroatoms. The van der Waals surface area contributed by atoms with Crippen molar-refractivity contribution in [2.75, 3.05) is 18.8 Å². The average molecular weight is 433 g/mol. The van der Waals surface area contributed by atoms with Crippen molar-refractivity contribution in [1.29, 1.82) is 0 Å². The van der Waals surface area contributed by atoms with E-state index in [-0.39, 0.29) is 11.9 Å². The van der Waals surface area contributed by atoms with Crippen LogP contribution < -0.4 is 16.0 Å². The van der Waals surface area contributed by atoms with Crippen LogP contribution in [0.2, 0.25) is 0 Å². The van der Waals surface area contributed by atoms with Crippen molar-refractivity contribution in [1.82, 2.24) is 25.9 Å². The van der Waals surface area contributed by atoms with Crippen LogP contribution in [0, 0.1) is 0 Å². The van der Waals surface area contributed by atoms with E-state index in [1.807, 2.05) is 30.5 Å². The standard InChI is InChI=1S/C23H24N6OS/c1-16-4-5-17(19-3-2-9-24-14-19)8-12-31-23(27-16)29-21-13-18(6-11-26-21)22(30)28-20-7-10-25-15-20/h2-6,8-9,11,13-14,20,25H,1,7,10,12,15H2,(H,28,30)(H,26,27,29)/b5-4-,17-8+/t20-/m0/s1. The second-order valence-corrected chi connectivity index (χ2v) is 8.19. The SMILES string of the molecule is C=C1/C=C\C(c2cccnc2)=C/CSC(=Nc2cc(C(=O)N[C@H]3CCNC3)ccn2)N1. The molecule has 1 amide bonds. The number of thioether (sulfide) groups is 1.